The average Bonchev–Trinajstić information content (AvgIpc) is 2.64. The molecule has 0 radical (unpaired) electrons. The van der Waals surface area contributed by atoms with Crippen molar-refractivity contribution in [3.63, 3.8) is 0 Å². The lowest BCUT2D eigenvalue weighted by atomic mass is 9.79. The molecule has 1 atom stereocenters. The third-order valence-electron chi connectivity index (χ3n) is 5.20. The first-order valence-electron chi connectivity index (χ1n) is 9.57. The summed E-state index contributed by atoms with van der Waals surface area (Å²) in [6.45, 7) is 2.91. The Balaban J connectivity index is 0.00000364. The minimum Gasteiger partial charge on any atom is -0.356 e. The maximum Gasteiger partial charge on any atom is 0.191 e. The Bertz CT molecular complexity index is 672. The first-order chi connectivity index (χ1) is 12.4. The van der Waals surface area contributed by atoms with Gasteiger partial charge in [-0.1, -0.05) is 30.3 Å². The van der Waals surface area contributed by atoms with Crippen LogP contribution in [0.2, 0.25) is 0 Å². The Hall–Kier alpha value is -0.830. The summed E-state index contributed by atoms with van der Waals surface area (Å²) in [4.78, 5) is 4.26. The summed E-state index contributed by atoms with van der Waals surface area (Å²) in [5.41, 5.74) is 1.47. The molecule has 1 saturated carbocycles. The van der Waals surface area contributed by atoms with Crippen molar-refractivity contribution < 1.29 is 8.42 Å². The Morgan fingerprint density at radius 2 is 1.81 bits per heavy atom. The molecule has 0 saturated heterocycles. The maximum absolute atomic E-state index is 11.3. The van der Waals surface area contributed by atoms with Crippen molar-refractivity contribution in [1.82, 2.24) is 10.6 Å². The molecule has 2 rings (SSSR count). The highest BCUT2D eigenvalue weighted by Crippen LogP contribution is 2.35. The van der Waals surface area contributed by atoms with Crippen LogP contribution in [0.4, 0.5) is 0 Å². The van der Waals surface area contributed by atoms with Crippen LogP contribution < -0.4 is 10.6 Å². The fourth-order valence-electron chi connectivity index (χ4n) is 3.56. The van der Waals surface area contributed by atoms with E-state index in [1.807, 2.05) is 6.92 Å². The highest BCUT2D eigenvalue weighted by molar-refractivity contribution is 14.0. The van der Waals surface area contributed by atoms with Crippen molar-refractivity contribution in [2.45, 2.75) is 51.0 Å². The summed E-state index contributed by atoms with van der Waals surface area (Å²) < 4.78 is 22.6. The molecule has 1 unspecified atom stereocenters. The Morgan fingerprint density at radius 3 is 2.37 bits per heavy atom. The summed E-state index contributed by atoms with van der Waals surface area (Å²) in [6.07, 6.45) is 6.81. The van der Waals surface area contributed by atoms with E-state index >= 15 is 0 Å². The number of hydrogen-bond acceptors (Lipinski definition) is 3. The average molecular weight is 507 g/mol. The van der Waals surface area contributed by atoms with Crippen LogP contribution in [0.5, 0.6) is 0 Å². The second-order valence-electron chi connectivity index (χ2n) is 7.55. The molecule has 0 bridgehead atoms. The van der Waals surface area contributed by atoms with Crippen molar-refractivity contribution >= 4 is 39.8 Å². The van der Waals surface area contributed by atoms with Gasteiger partial charge in [0.15, 0.2) is 5.96 Å². The molecule has 2 N–H and O–H groups in total. The van der Waals surface area contributed by atoms with Gasteiger partial charge in [-0.05, 0) is 56.4 Å². The van der Waals surface area contributed by atoms with Gasteiger partial charge in [0.05, 0.1) is 5.75 Å². The zero-order valence-corrected chi connectivity index (χ0v) is 19.8. The molecule has 27 heavy (non-hydrogen) atoms. The summed E-state index contributed by atoms with van der Waals surface area (Å²) in [5, 5.41) is 6.70. The number of halogens is 1. The molecule has 7 heteroatoms. The molecule has 0 heterocycles. The maximum atomic E-state index is 11.3. The van der Waals surface area contributed by atoms with Crippen molar-refractivity contribution in [3.05, 3.63) is 35.9 Å². The fraction of sp³-hybridized carbons (Fsp3) is 0.650. The normalized spacial score (nSPS) is 21.8. The van der Waals surface area contributed by atoms with Crippen molar-refractivity contribution in [3.8, 4) is 0 Å². The molecule has 0 amide bonds. The number of nitrogens with one attached hydrogen (secondary N) is 2. The molecule has 1 aliphatic rings. The van der Waals surface area contributed by atoms with Gasteiger partial charge in [0, 0.05) is 25.9 Å². The van der Waals surface area contributed by atoms with Crippen molar-refractivity contribution in [2.24, 2.45) is 10.9 Å². The highest BCUT2D eigenvalue weighted by Gasteiger charge is 2.22. The van der Waals surface area contributed by atoms with E-state index in [9.17, 15) is 8.42 Å². The second kappa shape index (κ2) is 11.9. The van der Waals surface area contributed by atoms with E-state index in [-0.39, 0.29) is 35.8 Å². The summed E-state index contributed by atoms with van der Waals surface area (Å²) in [5.74, 6) is 2.32. The van der Waals surface area contributed by atoms with E-state index in [1.165, 1.54) is 37.5 Å². The highest BCUT2D eigenvalue weighted by atomic mass is 127. The SMILES string of the molecule is CN=C(NCC1CCC(c2ccccc2)CC1)NC(C)CCS(C)(=O)=O.I. The molecule has 0 aromatic heterocycles. The quantitative estimate of drug-likeness (QED) is 0.337. The van der Waals surface area contributed by atoms with Gasteiger partial charge in [-0.3, -0.25) is 4.99 Å². The first-order valence-corrected chi connectivity index (χ1v) is 11.6. The summed E-state index contributed by atoms with van der Waals surface area (Å²) in [7, 11) is -1.16. The lowest BCUT2D eigenvalue weighted by molar-refractivity contribution is 0.324. The van der Waals surface area contributed by atoms with Crippen LogP contribution in [0, 0.1) is 5.92 Å². The van der Waals surface area contributed by atoms with E-state index in [2.05, 4.69) is 46.0 Å². The lowest BCUT2D eigenvalue weighted by Gasteiger charge is -2.29. The van der Waals surface area contributed by atoms with E-state index in [0.29, 0.717) is 18.3 Å². The molecule has 1 aliphatic carbocycles. The number of guanidine groups is 1. The zero-order valence-electron chi connectivity index (χ0n) is 16.6. The molecule has 1 fully saturated rings. The van der Waals surface area contributed by atoms with Gasteiger partial charge in [0.1, 0.15) is 9.84 Å². The molecule has 0 spiro atoms. The molecular formula is C20H34IN3O2S. The molecule has 5 nitrogen and oxygen atoms in total. The third kappa shape index (κ3) is 9.27. The molecule has 154 valence electrons. The van der Waals surface area contributed by atoms with Crippen molar-refractivity contribution in [2.75, 3.05) is 25.6 Å². The monoisotopic (exact) mass is 507 g/mol. The van der Waals surface area contributed by atoms with Crippen LogP contribution >= 0.6 is 24.0 Å². The van der Waals surface area contributed by atoms with Crippen LogP contribution in [0.3, 0.4) is 0 Å². The topological polar surface area (TPSA) is 70.6 Å². The molecule has 0 aliphatic heterocycles. The van der Waals surface area contributed by atoms with Crippen LogP contribution in [0.1, 0.15) is 50.5 Å². The molecule has 1 aromatic carbocycles. The predicted molar refractivity (Wildman–Crippen MR) is 125 cm³/mol. The van der Waals surface area contributed by atoms with E-state index in [4.69, 9.17) is 0 Å². The Kier molecular flexibility index (Phi) is 10.7. The number of benzene rings is 1. The Morgan fingerprint density at radius 1 is 1.19 bits per heavy atom. The predicted octanol–water partition coefficient (Wildman–Crippen LogP) is 3.57. The van der Waals surface area contributed by atoms with Crippen LogP contribution in [0.15, 0.2) is 35.3 Å². The summed E-state index contributed by atoms with van der Waals surface area (Å²) >= 11 is 0. The van der Waals surface area contributed by atoms with Crippen LogP contribution in [-0.4, -0.2) is 46.0 Å². The minimum atomic E-state index is -2.92. The number of nitrogens with zero attached hydrogens (tertiary/aromatic N) is 1. The Labute approximate surface area is 181 Å². The fourth-order valence-corrected chi connectivity index (χ4v) is 4.34. The zero-order chi connectivity index (χ0) is 19.0. The third-order valence-corrected chi connectivity index (χ3v) is 6.18. The van der Waals surface area contributed by atoms with Gasteiger partial charge >= 0.3 is 0 Å². The lowest BCUT2D eigenvalue weighted by Crippen LogP contribution is -2.44. The summed E-state index contributed by atoms with van der Waals surface area (Å²) in [6, 6.07) is 10.9. The number of aliphatic imine (C=N–C) groups is 1. The number of hydrogen-bond donors (Lipinski definition) is 2. The van der Waals surface area contributed by atoms with Gasteiger partial charge < -0.3 is 10.6 Å². The van der Waals surface area contributed by atoms with Crippen LogP contribution in [-0.2, 0) is 9.84 Å². The van der Waals surface area contributed by atoms with E-state index in [1.54, 1.807) is 7.05 Å². The number of rotatable bonds is 7. The second-order valence-corrected chi connectivity index (χ2v) is 9.81. The van der Waals surface area contributed by atoms with E-state index < -0.39 is 9.84 Å². The molecular weight excluding hydrogens is 473 g/mol. The van der Waals surface area contributed by atoms with Gasteiger partial charge in [-0.2, -0.15) is 0 Å². The minimum absolute atomic E-state index is 0. The van der Waals surface area contributed by atoms with Gasteiger partial charge in [0.2, 0.25) is 0 Å². The number of sulfone groups is 1. The van der Waals surface area contributed by atoms with Crippen LogP contribution in [0.25, 0.3) is 0 Å². The van der Waals surface area contributed by atoms with Crippen molar-refractivity contribution in [1.29, 1.82) is 0 Å². The smallest absolute Gasteiger partial charge is 0.191 e. The van der Waals surface area contributed by atoms with Gasteiger partial charge in [0.25, 0.3) is 0 Å². The molecule has 1 aromatic rings. The van der Waals surface area contributed by atoms with Gasteiger partial charge in [-0.15, -0.1) is 24.0 Å². The van der Waals surface area contributed by atoms with E-state index in [0.717, 1.165) is 12.5 Å². The standard InChI is InChI=1S/C20H33N3O2S.HI/c1-16(13-14-26(3,24)25)23-20(21-2)22-15-17-9-11-19(12-10-17)18-7-5-4-6-8-18;/h4-8,16-17,19H,9-15H2,1-3H3,(H2,21,22,23);1H. The first kappa shape index (κ1) is 24.2. The largest absolute Gasteiger partial charge is 0.356 e. The van der Waals surface area contributed by atoms with Gasteiger partial charge in [-0.25, -0.2) is 8.42 Å².